The smallest absolute Gasteiger partial charge is 0.262 e. The van der Waals surface area contributed by atoms with Crippen LogP contribution in [0.4, 0.5) is 0 Å². The van der Waals surface area contributed by atoms with E-state index in [1.165, 1.54) is 11.8 Å². The molecule has 2 rings (SSSR count). The number of benzene rings is 1. The predicted molar refractivity (Wildman–Crippen MR) is 104 cm³/mol. The molecule has 0 saturated heterocycles. The number of nitrogens with one attached hydrogen (secondary N) is 1. The highest BCUT2D eigenvalue weighted by molar-refractivity contribution is 8.00. The Morgan fingerprint density at radius 2 is 1.88 bits per heavy atom. The van der Waals surface area contributed by atoms with E-state index in [1.54, 1.807) is 10.6 Å². The average Bonchev–Trinajstić information content (AvgIpc) is 2.49. The molecule has 2 aromatic rings. The molecule has 0 aliphatic rings. The van der Waals surface area contributed by atoms with Crippen molar-refractivity contribution in [3.8, 4) is 0 Å². The van der Waals surface area contributed by atoms with Gasteiger partial charge in [-0.1, -0.05) is 37.7 Å². The number of aromatic nitrogens is 2. The van der Waals surface area contributed by atoms with Crippen molar-refractivity contribution in [2.45, 2.75) is 64.0 Å². The number of nitrogens with zero attached hydrogens (tertiary/aromatic N) is 2. The van der Waals surface area contributed by atoms with Gasteiger partial charge in [0.1, 0.15) is 0 Å². The van der Waals surface area contributed by atoms with Crippen molar-refractivity contribution < 1.29 is 4.79 Å². The standard InChI is InChI=1S/C19H27N3O2S/c1-12(2)11-22-17(24)14-9-7-8-10-15(14)20-18(22)25-13(3)16(23)21-19(4,5)6/h7-10,12-13H,11H2,1-6H3,(H,21,23)/t13-/m0/s1. The first kappa shape index (κ1) is 19.5. The van der Waals surface area contributed by atoms with Crippen LogP contribution in [0, 0.1) is 5.92 Å². The molecule has 0 bridgehead atoms. The van der Waals surface area contributed by atoms with E-state index in [0.29, 0.717) is 28.5 Å². The summed E-state index contributed by atoms with van der Waals surface area (Å²) in [6.07, 6.45) is 0. The molecule has 1 N–H and O–H groups in total. The molecule has 1 aromatic carbocycles. The third kappa shape index (κ3) is 5.08. The second-order valence-corrected chi connectivity index (χ2v) is 9.03. The number of fused-ring (bicyclic) bond motifs is 1. The molecule has 6 heteroatoms. The van der Waals surface area contributed by atoms with Gasteiger partial charge < -0.3 is 5.32 Å². The van der Waals surface area contributed by atoms with Gasteiger partial charge in [-0.05, 0) is 45.7 Å². The van der Waals surface area contributed by atoms with Crippen LogP contribution < -0.4 is 10.9 Å². The Balaban J connectivity index is 2.41. The Bertz CT molecular complexity index is 822. The number of hydrogen-bond acceptors (Lipinski definition) is 4. The van der Waals surface area contributed by atoms with Crippen LogP contribution in [0.25, 0.3) is 10.9 Å². The molecule has 1 amide bonds. The van der Waals surface area contributed by atoms with E-state index in [9.17, 15) is 9.59 Å². The average molecular weight is 362 g/mol. The third-order valence-corrected chi connectivity index (χ3v) is 4.61. The fourth-order valence-electron chi connectivity index (χ4n) is 2.45. The molecule has 0 saturated carbocycles. The first-order valence-electron chi connectivity index (χ1n) is 8.57. The van der Waals surface area contributed by atoms with Crippen molar-refractivity contribution in [1.29, 1.82) is 0 Å². The number of amides is 1. The van der Waals surface area contributed by atoms with Gasteiger partial charge in [-0.15, -0.1) is 0 Å². The maximum atomic E-state index is 12.9. The molecular weight excluding hydrogens is 334 g/mol. The molecule has 1 heterocycles. The van der Waals surface area contributed by atoms with Gasteiger partial charge in [0, 0.05) is 12.1 Å². The number of carbonyl (C=O) groups is 1. The quantitative estimate of drug-likeness (QED) is 0.654. The zero-order chi connectivity index (χ0) is 18.8. The zero-order valence-corrected chi connectivity index (χ0v) is 16.6. The van der Waals surface area contributed by atoms with E-state index in [0.717, 1.165) is 0 Å². The minimum Gasteiger partial charge on any atom is -0.351 e. The fourth-order valence-corrected chi connectivity index (χ4v) is 3.36. The van der Waals surface area contributed by atoms with Crippen molar-refractivity contribution in [1.82, 2.24) is 14.9 Å². The van der Waals surface area contributed by atoms with E-state index in [2.05, 4.69) is 24.1 Å². The number of thioether (sulfide) groups is 1. The second kappa shape index (κ2) is 7.60. The minimum atomic E-state index is -0.342. The molecular formula is C19H27N3O2S. The fraction of sp³-hybridized carbons (Fsp3) is 0.526. The number of rotatable bonds is 5. The van der Waals surface area contributed by atoms with Crippen LogP contribution in [-0.2, 0) is 11.3 Å². The maximum Gasteiger partial charge on any atom is 0.262 e. The van der Waals surface area contributed by atoms with Gasteiger partial charge in [-0.3, -0.25) is 14.2 Å². The number of hydrogen-bond donors (Lipinski definition) is 1. The molecule has 0 aliphatic carbocycles. The Morgan fingerprint density at radius 1 is 1.24 bits per heavy atom. The number of para-hydroxylation sites is 1. The van der Waals surface area contributed by atoms with Gasteiger partial charge in [0.25, 0.3) is 5.56 Å². The highest BCUT2D eigenvalue weighted by atomic mass is 32.2. The van der Waals surface area contributed by atoms with Crippen molar-refractivity contribution >= 4 is 28.6 Å². The normalized spacial score (nSPS) is 13.2. The van der Waals surface area contributed by atoms with Crippen molar-refractivity contribution in [3.63, 3.8) is 0 Å². The number of carbonyl (C=O) groups excluding carboxylic acids is 1. The molecule has 0 radical (unpaired) electrons. The summed E-state index contributed by atoms with van der Waals surface area (Å²) in [7, 11) is 0. The molecule has 1 aromatic heterocycles. The Kier molecular flexibility index (Phi) is 5.93. The van der Waals surface area contributed by atoms with Gasteiger partial charge >= 0.3 is 0 Å². The molecule has 0 spiro atoms. The summed E-state index contributed by atoms with van der Waals surface area (Å²) in [6.45, 7) is 12.4. The van der Waals surface area contributed by atoms with Crippen molar-refractivity contribution in [2.75, 3.05) is 0 Å². The summed E-state index contributed by atoms with van der Waals surface area (Å²) in [6, 6.07) is 7.34. The van der Waals surface area contributed by atoms with E-state index in [1.807, 2.05) is 45.9 Å². The first-order chi connectivity index (χ1) is 11.6. The molecule has 5 nitrogen and oxygen atoms in total. The van der Waals surface area contributed by atoms with Crippen LogP contribution in [0.1, 0.15) is 41.5 Å². The lowest BCUT2D eigenvalue weighted by Gasteiger charge is -2.23. The summed E-state index contributed by atoms with van der Waals surface area (Å²) < 4.78 is 1.69. The van der Waals surface area contributed by atoms with Crippen LogP contribution in [0.3, 0.4) is 0 Å². The lowest BCUT2D eigenvalue weighted by atomic mass is 10.1. The van der Waals surface area contributed by atoms with Crippen molar-refractivity contribution in [3.05, 3.63) is 34.6 Å². The Morgan fingerprint density at radius 3 is 2.48 bits per heavy atom. The molecule has 136 valence electrons. The Hall–Kier alpha value is -1.82. The summed E-state index contributed by atoms with van der Waals surface area (Å²) in [5.74, 6) is 0.245. The molecule has 1 atom stereocenters. The monoisotopic (exact) mass is 361 g/mol. The predicted octanol–water partition coefficient (Wildman–Crippen LogP) is 3.45. The highest BCUT2D eigenvalue weighted by Crippen LogP contribution is 2.23. The topological polar surface area (TPSA) is 64.0 Å². The molecule has 0 aliphatic heterocycles. The minimum absolute atomic E-state index is 0.0507. The van der Waals surface area contributed by atoms with E-state index < -0.39 is 0 Å². The lowest BCUT2D eigenvalue weighted by Crippen LogP contribution is -2.44. The first-order valence-corrected chi connectivity index (χ1v) is 9.44. The van der Waals surface area contributed by atoms with E-state index >= 15 is 0 Å². The summed E-state index contributed by atoms with van der Waals surface area (Å²) in [4.78, 5) is 29.9. The van der Waals surface area contributed by atoms with Gasteiger partial charge in [-0.25, -0.2) is 4.98 Å². The van der Waals surface area contributed by atoms with E-state index in [-0.39, 0.29) is 22.3 Å². The van der Waals surface area contributed by atoms with Gasteiger partial charge in [0.15, 0.2) is 5.16 Å². The summed E-state index contributed by atoms with van der Waals surface area (Å²) in [5, 5.41) is 3.84. The SMILES string of the molecule is CC(C)Cn1c(S[C@@H](C)C(=O)NC(C)(C)C)nc2ccccc2c1=O. The molecule has 25 heavy (non-hydrogen) atoms. The van der Waals surface area contributed by atoms with Gasteiger partial charge in [-0.2, -0.15) is 0 Å². The highest BCUT2D eigenvalue weighted by Gasteiger charge is 2.23. The van der Waals surface area contributed by atoms with Gasteiger partial charge in [0.2, 0.25) is 5.91 Å². The summed E-state index contributed by atoms with van der Waals surface area (Å²) >= 11 is 1.33. The van der Waals surface area contributed by atoms with Gasteiger partial charge in [0.05, 0.1) is 16.2 Å². The van der Waals surface area contributed by atoms with Crippen LogP contribution in [-0.4, -0.2) is 26.2 Å². The zero-order valence-electron chi connectivity index (χ0n) is 15.8. The van der Waals surface area contributed by atoms with E-state index in [4.69, 9.17) is 0 Å². The molecule has 0 unspecified atom stereocenters. The molecule has 0 fully saturated rings. The lowest BCUT2D eigenvalue weighted by molar-refractivity contribution is -0.121. The second-order valence-electron chi connectivity index (χ2n) is 7.72. The van der Waals surface area contributed by atoms with Crippen LogP contribution in [0.5, 0.6) is 0 Å². The Labute approximate surface area is 153 Å². The van der Waals surface area contributed by atoms with Crippen LogP contribution in [0.15, 0.2) is 34.2 Å². The van der Waals surface area contributed by atoms with Crippen LogP contribution >= 0.6 is 11.8 Å². The summed E-state index contributed by atoms with van der Waals surface area (Å²) in [5.41, 5.74) is 0.323. The largest absolute Gasteiger partial charge is 0.351 e. The van der Waals surface area contributed by atoms with Crippen LogP contribution in [0.2, 0.25) is 0 Å². The third-order valence-electron chi connectivity index (χ3n) is 3.52. The van der Waals surface area contributed by atoms with Crippen molar-refractivity contribution in [2.24, 2.45) is 5.92 Å². The maximum absolute atomic E-state index is 12.9.